The van der Waals surface area contributed by atoms with Gasteiger partial charge in [0.15, 0.2) is 0 Å². The van der Waals surface area contributed by atoms with Gasteiger partial charge in [-0.05, 0) is 29.7 Å². The zero-order valence-corrected chi connectivity index (χ0v) is 12.5. The molecule has 0 bridgehead atoms. The van der Waals surface area contributed by atoms with Crippen molar-refractivity contribution in [2.75, 3.05) is 0 Å². The van der Waals surface area contributed by atoms with Crippen molar-refractivity contribution in [1.82, 2.24) is 9.97 Å². The number of benzene rings is 1. The average Bonchev–Trinajstić information content (AvgIpc) is 2.41. The van der Waals surface area contributed by atoms with Crippen LogP contribution in [0.3, 0.4) is 0 Å². The molecule has 0 aliphatic heterocycles. The summed E-state index contributed by atoms with van der Waals surface area (Å²) in [6.07, 6.45) is 3.35. The number of hydrogen-bond acceptors (Lipinski definition) is 4. The predicted octanol–water partition coefficient (Wildman–Crippen LogP) is 3.61. The highest BCUT2D eigenvalue weighted by atomic mass is 79.9. The molecular formula is C14H16BrN3O. The number of halogens is 1. The lowest BCUT2D eigenvalue weighted by molar-refractivity contribution is 0.433. The maximum absolute atomic E-state index is 5.74. The molecule has 1 aromatic heterocycles. The van der Waals surface area contributed by atoms with E-state index in [4.69, 9.17) is 10.5 Å². The maximum atomic E-state index is 5.74. The van der Waals surface area contributed by atoms with Gasteiger partial charge in [-0.15, -0.1) is 0 Å². The fourth-order valence-electron chi connectivity index (χ4n) is 1.66. The van der Waals surface area contributed by atoms with Gasteiger partial charge in [-0.3, -0.25) is 0 Å². The summed E-state index contributed by atoms with van der Waals surface area (Å²) in [4.78, 5) is 8.29. The Morgan fingerprint density at radius 1 is 1.26 bits per heavy atom. The van der Waals surface area contributed by atoms with Gasteiger partial charge in [-0.1, -0.05) is 29.8 Å². The first-order valence-electron chi connectivity index (χ1n) is 6.08. The number of hydrogen-bond donors (Lipinski definition) is 1. The summed E-state index contributed by atoms with van der Waals surface area (Å²) in [5.41, 5.74) is 7.50. The van der Waals surface area contributed by atoms with Crippen LogP contribution in [-0.4, -0.2) is 9.97 Å². The smallest absolute Gasteiger partial charge is 0.321 e. The Bertz CT molecular complexity index is 555. The first-order valence-corrected chi connectivity index (χ1v) is 6.87. The lowest BCUT2D eigenvalue weighted by Crippen LogP contribution is -2.00. The minimum atomic E-state index is 0.335. The Balaban J connectivity index is 2.26. The lowest BCUT2D eigenvalue weighted by atomic mass is 10.0. The second-order valence-corrected chi connectivity index (χ2v) is 5.43. The molecule has 0 fully saturated rings. The standard InChI is InChI=1S/C14H16BrN3O/c1-9(2)12-5-11(15)3-4-13(12)19-14-17-7-10(6-16)8-18-14/h3-5,7-9H,6,16H2,1-2H3. The summed E-state index contributed by atoms with van der Waals surface area (Å²) in [5.74, 6) is 1.13. The van der Waals surface area contributed by atoms with Crippen LogP contribution in [0.1, 0.15) is 30.9 Å². The van der Waals surface area contributed by atoms with Gasteiger partial charge in [0, 0.05) is 29.0 Å². The topological polar surface area (TPSA) is 61.0 Å². The van der Waals surface area contributed by atoms with Crippen LogP contribution < -0.4 is 10.5 Å². The first-order chi connectivity index (χ1) is 9.10. The molecule has 2 aromatic rings. The average molecular weight is 322 g/mol. The fourth-order valence-corrected chi connectivity index (χ4v) is 2.04. The molecule has 0 saturated heterocycles. The van der Waals surface area contributed by atoms with E-state index < -0.39 is 0 Å². The third kappa shape index (κ3) is 3.52. The van der Waals surface area contributed by atoms with Gasteiger partial charge in [-0.2, -0.15) is 0 Å². The van der Waals surface area contributed by atoms with Crippen molar-refractivity contribution < 1.29 is 4.74 Å². The second kappa shape index (κ2) is 6.12. The third-order valence-corrected chi connectivity index (χ3v) is 3.21. The quantitative estimate of drug-likeness (QED) is 0.934. The zero-order valence-electron chi connectivity index (χ0n) is 10.9. The van der Waals surface area contributed by atoms with E-state index in [0.717, 1.165) is 21.3 Å². The number of rotatable bonds is 4. The van der Waals surface area contributed by atoms with Crippen LogP contribution in [0.15, 0.2) is 35.1 Å². The van der Waals surface area contributed by atoms with Crippen molar-refractivity contribution in [1.29, 1.82) is 0 Å². The first kappa shape index (κ1) is 14.0. The highest BCUT2D eigenvalue weighted by Gasteiger charge is 2.10. The van der Waals surface area contributed by atoms with E-state index in [1.54, 1.807) is 12.4 Å². The molecule has 1 heterocycles. The second-order valence-electron chi connectivity index (χ2n) is 4.52. The molecule has 0 saturated carbocycles. The van der Waals surface area contributed by atoms with Crippen LogP contribution in [0.25, 0.3) is 0 Å². The van der Waals surface area contributed by atoms with Gasteiger partial charge >= 0.3 is 6.01 Å². The predicted molar refractivity (Wildman–Crippen MR) is 78.2 cm³/mol. The van der Waals surface area contributed by atoms with Gasteiger partial charge in [0.25, 0.3) is 0 Å². The molecule has 0 spiro atoms. The van der Waals surface area contributed by atoms with Crippen LogP contribution in [0.5, 0.6) is 11.8 Å². The van der Waals surface area contributed by atoms with E-state index in [1.807, 2.05) is 18.2 Å². The number of ether oxygens (including phenoxy) is 1. The van der Waals surface area contributed by atoms with Crippen molar-refractivity contribution in [2.45, 2.75) is 26.3 Å². The zero-order chi connectivity index (χ0) is 13.8. The minimum Gasteiger partial charge on any atom is -0.424 e. The molecule has 0 atom stereocenters. The molecule has 2 rings (SSSR count). The van der Waals surface area contributed by atoms with Crippen LogP contribution in [0.2, 0.25) is 0 Å². The van der Waals surface area contributed by atoms with Gasteiger partial charge in [0.1, 0.15) is 5.75 Å². The van der Waals surface area contributed by atoms with Crippen LogP contribution in [0.4, 0.5) is 0 Å². The molecule has 2 N–H and O–H groups in total. The Morgan fingerprint density at radius 3 is 2.53 bits per heavy atom. The Hall–Kier alpha value is -1.46. The van der Waals surface area contributed by atoms with Gasteiger partial charge < -0.3 is 10.5 Å². The van der Waals surface area contributed by atoms with Crippen LogP contribution in [-0.2, 0) is 6.54 Å². The molecule has 100 valence electrons. The van der Waals surface area contributed by atoms with Gasteiger partial charge in [0.2, 0.25) is 0 Å². The molecule has 4 nitrogen and oxygen atoms in total. The summed E-state index contributed by atoms with van der Waals surface area (Å²) in [7, 11) is 0. The summed E-state index contributed by atoms with van der Waals surface area (Å²) in [6, 6.07) is 6.24. The van der Waals surface area contributed by atoms with Crippen molar-refractivity contribution >= 4 is 15.9 Å². The van der Waals surface area contributed by atoms with E-state index in [2.05, 4.69) is 39.7 Å². The van der Waals surface area contributed by atoms with E-state index in [-0.39, 0.29) is 0 Å². The van der Waals surface area contributed by atoms with Crippen molar-refractivity contribution in [3.05, 3.63) is 46.2 Å². The van der Waals surface area contributed by atoms with Gasteiger partial charge in [0.05, 0.1) is 0 Å². The number of nitrogens with zero attached hydrogens (tertiary/aromatic N) is 2. The molecule has 1 aromatic carbocycles. The summed E-state index contributed by atoms with van der Waals surface area (Å²) in [5, 5.41) is 0. The van der Waals surface area contributed by atoms with E-state index in [1.165, 1.54) is 0 Å². The Morgan fingerprint density at radius 2 is 1.95 bits per heavy atom. The summed E-state index contributed by atoms with van der Waals surface area (Å²) in [6.45, 7) is 4.66. The van der Waals surface area contributed by atoms with Gasteiger partial charge in [-0.25, -0.2) is 9.97 Å². The molecule has 0 radical (unpaired) electrons. The molecule has 5 heteroatoms. The maximum Gasteiger partial charge on any atom is 0.321 e. The number of nitrogens with two attached hydrogens (primary N) is 1. The minimum absolute atomic E-state index is 0.335. The van der Waals surface area contributed by atoms with Crippen LogP contribution >= 0.6 is 15.9 Å². The van der Waals surface area contributed by atoms with E-state index in [0.29, 0.717) is 18.5 Å². The monoisotopic (exact) mass is 321 g/mol. The van der Waals surface area contributed by atoms with Crippen LogP contribution in [0, 0.1) is 0 Å². The highest BCUT2D eigenvalue weighted by molar-refractivity contribution is 9.10. The highest BCUT2D eigenvalue weighted by Crippen LogP contribution is 2.31. The Kier molecular flexibility index (Phi) is 4.50. The summed E-state index contributed by atoms with van der Waals surface area (Å²) < 4.78 is 6.77. The van der Waals surface area contributed by atoms with Crippen molar-refractivity contribution in [3.63, 3.8) is 0 Å². The fraction of sp³-hybridized carbons (Fsp3) is 0.286. The molecule has 0 amide bonds. The SMILES string of the molecule is CC(C)c1cc(Br)ccc1Oc1ncc(CN)cn1. The Labute approximate surface area is 121 Å². The molecule has 0 aliphatic carbocycles. The normalized spacial score (nSPS) is 10.8. The molecule has 19 heavy (non-hydrogen) atoms. The summed E-state index contributed by atoms with van der Waals surface area (Å²) >= 11 is 3.47. The molecule has 0 unspecified atom stereocenters. The van der Waals surface area contributed by atoms with Crippen molar-refractivity contribution in [3.8, 4) is 11.8 Å². The van der Waals surface area contributed by atoms with E-state index >= 15 is 0 Å². The largest absolute Gasteiger partial charge is 0.424 e. The van der Waals surface area contributed by atoms with E-state index in [9.17, 15) is 0 Å². The third-order valence-electron chi connectivity index (χ3n) is 2.71. The molecule has 0 aliphatic rings. The number of aromatic nitrogens is 2. The lowest BCUT2D eigenvalue weighted by Gasteiger charge is -2.13. The molecular weight excluding hydrogens is 306 g/mol. The van der Waals surface area contributed by atoms with Crippen molar-refractivity contribution in [2.24, 2.45) is 5.73 Å².